The second-order valence-corrected chi connectivity index (χ2v) is 8.71. The summed E-state index contributed by atoms with van der Waals surface area (Å²) >= 11 is 1.26. The van der Waals surface area contributed by atoms with Gasteiger partial charge in [0.25, 0.3) is 0 Å². The molecule has 0 fully saturated rings. The molecular formula is C23H23F2N5O3S. The van der Waals surface area contributed by atoms with Gasteiger partial charge >= 0.3 is 12.0 Å². The molecule has 1 aliphatic heterocycles. The van der Waals surface area contributed by atoms with Crippen molar-refractivity contribution in [3.05, 3.63) is 77.2 Å². The van der Waals surface area contributed by atoms with Crippen LogP contribution >= 0.6 is 11.8 Å². The molecule has 4 rings (SSSR count). The molecule has 1 unspecified atom stereocenters. The lowest BCUT2D eigenvalue weighted by Crippen LogP contribution is -2.38. The summed E-state index contributed by atoms with van der Waals surface area (Å²) in [5.74, 6) is -1.64. The van der Waals surface area contributed by atoms with Gasteiger partial charge in [0.1, 0.15) is 28.0 Å². The average molecular weight is 488 g/mol. The third-order valence-electron chi connectivity index (χ3n) is 5.14. The Morgan fingerprint density at radius 2 is 2.00 bits per heavy atom. The van der Waals surface area contributed by atoms with Crippen LogP contribution in [0.15, 0.2) is 58.0 Å². The van der Waals surface area contributed by atoms with Crippen molar-refractivity contribution >= 4 is 28.8 Å². The first-order valence-corrected chi connectivity index (χ1v) is 11.6. The van der Waals surface area contributed by atoms with E-state index in [-0.39, 0.29) is 35.5 Å². The van der Waals surface area contributed by atoms with Gasteiger partial charge < -0.3 is 14.9 Å². The number of hydrazone groups is 1. The van der Waals surface area contributed by atoms with Gasteiger partial charge in [0.05, 0.1) is 6.61 Å². The maximum absolute atomic E-state index is 14.7. The number of nitrogens with two attached hydrogens (primary N) is 1. The van der Waals surface area contributed by atoms with Gasteiger partial charge in [-0.3, -0.25) is 4.79 Å². The predicted octanol–water partition coefficient (Wildman–Crippen LogP) is 3.96. The number of ether oxygens (including phenoxy) is 1. The first-order chi connectivity index (χ1) is 16.5. The van der Waals surface area contributed by atoms with E-state index in [1.165, 1.54) is 16.8 Å². The van der Waals surface area contributed by atoms with Gasteiger partial charge in [0.15, 0.2) is 0 Å². The normalized spacial score (nSPS) is 17.6. The molecule has 0 aliphatic carbocycles. The summed E-state index contributed by atoms with van der Waals surface area (Å²) in [4.78, 5) is 10.9. The number of anilines is 1. The number of hydrogen-bond donors (Lipinski definition) is 1. The average Bonchev–Trinajstić information content (AvgIpc) is 3.45. The van der Waals surface area contributed by atoms with Crippen molar-refractivity contribution in [2.45, 2.75) is 31.1 Å². The standard InChI is InChI=1S/C23H23F2N5O3S/c1-2-32-20(31)14-19-27-28-22(33-19)30-23(11-6-12-26,15-7-4-3-5-8-15)34-21(29-30)17-13-16(24)9-10-18(17)25/h3-5,7-10,13H,2,6,11-12,14,26H2,1H3. The molecule has 0 bridgehead atoms. The number of esters is 1. The summed E-state index contributed by atoms with van der Waals surface area (Å²) in [6.45, 7) is 2.34. The van der Waals surface area contributed by atoms with Crippen LogP contribution in [-0.2, 0) is 20.8 Å². The second-order valence-electron chi connectivity index (χ2n) is 7.45. The molecule has 11 heteroatoms. The molecule has 0 spiro atoms. The van der Waals surface area contributed by atoms with Gasteiger partial charge in [-0.15, -0.1) is 5.10 Å². The Labute approximate surface area is 199 Å². The molecule has 2 N–H and O–H groups in total. The minimum Gasteiger partial charge on any atom is -0.466 e. The molecule has 2 aromatic carbocycles. The van der Waals surface area contributed by atoms with E-state index in [4.69, 9.17) is 14.9 Å². The zero-order valence-electron chi connectivity index (χ0n) is 18.4. The lowest BCUT2D eigenvalue weighted by Gasteiger charge is -2.34. The predicted molar refractivity (Wildman–Crippen MR) is 124 cm³/mol. The van der Waals surface area contributed by atoms with Crippen LogP contribution in [0.1, 0.15) is 36.8 Å². The van der Waals surface area contributed by atoms with Crippen LogP contribution in [0, 0.1) is 11.6 Å². The summed E-state index contributed by atoms with van der Waals surface area (Å²) in [7, 11) is 0. The minimum atomic E-state index is -0.914. The molecule has 0 saturated heterocycles. The molecule has 0 radical (unpaired) electrons. The number of thioether (sulfide) groups is 1. The Bertz CT molecular complexity index is 1190. The van der Waals surface area contributed by atoms with E-state index in [0.29, 0.717) is 19.4 Å². The lowest BCUT2D eigenvalue weighted by atomic mass is 10.0. The van der Waals surface area contributed by atoms with Gasteiger partial charge in [-0.2, -0.15) is 10.1 Å². The number of aromatic nitrogens is 2. The number of benzene rings is 2. The number of halogens is 2. The summed E-state index contributed by atoms with van der Waals surface area (Å²) in [5, 5.41) is 14.4. The van der Waals surface area contributed by atoms with E-state index in [2.05, 4.69) is 15.3 Å². The van der Waals surface area contributed by atoms with Gasteiger partial charge in [-0.1, -0.05) is 47.2 Å². The fourth-order valence-corrected chi connectivity index (χ4v) is 5.04. The molecule has 8 nitrogen and oxygen atoms in total. The third-order valence-corrected chi connectivity index (χ3v) is 6.59. The SMILES string of the molecule is CCOC(=O)Cc1nnc(N2N=C(c3cc(F)ccc3F)SC2(CCCN)c2ccccc2)o1. The molecule has 1 atom stereocenters. The minimum absolute atomic E-state index is 0.0134. The van der Waals surface area contributed by atoms with Crippen molar-refractivity contribution in [1.82, 2.24) is 10.2 Å². The van der Waals surface area contributed by atoms with Crippen molar-refractivity contribution in [2.24, 2.45) is 10.8 Å². The fourth-order valence-electron chi connectivity index (χ4n) is 3.62. The summed E-state index contributed by atoms with van der Waals surface area (Å²) in [6, 6.07) is 12.7. The van der Waals surface area contributed by atoms with Gasteiger partial charge in [-0.05, 0) is 50.1 Å². The van der Waals surface area contributed by atoms with E-state index in [1.807, 2.05) is 30.3 Å². The largest absolute Gasteiger partial charge is 0.466 e. The molecular weight excluding hydrogens is 464 g/mol. The first kappa shape index (κ1) is 23.8. The molecule has 1 aromatic heterocycles. The third kappa shape index (κ3) is 4.80. The van der Waals surface area contributed by atoms with Gasteiger partial charge in [-0.25, -0.2) is 8.78 Å². The van der Waals surface area contributed by atoms with Crippen molar-refractivity contribution in [3.8, 4) is 0 Å². The van der Waals surface area contributed by atoms with E-state index >= 15 is 0 Å². The Morgan fingerprint density at radius 1 is 1.21 bits per heavy atom. The van der Waals surface area contributed by atoms with E-state index in [0.717, 1.165) is 23.8 Å². The maximum atomic E-state index is 14.7. The number of rotatable bonds is 9. The van der Waals surface area contributed by atoms with Crippen LogP contribution < -0.4 is 10.7 Å². The van der Waals surface area contributed by atoms with Crippen LogP contribution in [0.5, 0.6) is 0 Å². The summed E-state index contributed by atoms with van der Waals surface area (Å²) in [5.41, 5.74) is 6.69. The zero-order chi connectivity index (χ0) is 24.1. The number of nitrogens with zero attached hydrogens (tertiary/aromatic N) is 4. The molecule has 3 aromatic rings. The van der Waals surface area contributed by atoms with Crippen molar-refractivity contribution < 1.29 is 22.7 Å². The molecule has 1 aliphatic rings. The Morgan fingerprint density at radius 3 is 2.74 bits per heavy atom. The molecule has 34 heavy (non-hydrogen) atoms. The monoisotopic (exact) mass is 487 g/mol. The fraction of sp³-hybridized carbons (Fsp3) is 0.304. The highest BCUT2D eigenvalue weighted by atomic mass is 32.2. The highest BCUT2D eigenvalue weighted by molar-refractivity contribution is 8.15. The smallest absolute Gasteiger partial charge is 0.340 e. The highest BCUT2D eigenvalue weighted by Gasteiger charge is 2.48. The second kappa shape index (κ2) is 10.3. The quantitative estimate of drug-likeness (QED) is 0.452. The molecule has 2 heterocycles. The van der Waals surface area contributed by atoms with Gasteiger partial charge in [0, 0.05) is 5.56 Å². The lowest BCUT2D eigenvalue weighted by molar-refractivity contribution is -0.142. The van der Waals surface area contributed by atoms with E-state index in [9.17, 15) is 13.6 Å². The van der Waals surface area contributed by atoms with Crippen LogP contribution in [0.25, 0.3) is 0 Å². The maximum Gasteiger partial charge on any atom is 0.340 e. The Kier molecular flexibility index (Phi) is 7.23. The van der Waals surface area contributed by atoms with Crippen LogP contribution in [-0.4, -0.2) is 34.4 Å². The van der Waals surface area contributed by atoms with Gasteiger partial charge in [0.2, 0.25) is 5.89 Å². The molecule has 0 amide bonds. The highest BCUT2D eigenvalue weighted by Crippen LogP contribution is 2.51. The zero-order valence-corrected chi connectivity index (χ0v) is 19.2. The van der Waals surface area contributed by atoms with Crippen LogP contribution in [0.2, 0.25) is 0 Å². The first-order valence-electron chi connectivity index (χ1n) is 10.7. The molecule has 0 saturated carbocycles. The van der Waals surface area contributed by atoms with Crippen molar-refractivity contribution in [3.63, 3.8) is 0 Å². The Hall–Kier alpha value is -3.31. The van der Waals surface area contributed by atoms with E-state index in [1.54, 1.807) is 6.92 Å². The van der Waals surface area contributed by atoms with Crippen LogP contribution in [0.3, 0.4) is 0 Å². The number of carbonyl (C=O) groups excluding carboxylic acids is 1. The van der Waals surface area contributed by atoms with Crippen molar-refractivity contribution in [1.29, 1.82) is 0 Å². The topological polar surface area (TPSA) is 107 Å². The van der Waals surface area contributed by atoms with Crippen LogP contribution in [0.4, 0.5) is 14.8 Å². The number of hydrogen-bond acceptors (Lipinski definition) is 9. The summed E-state index contributed by atoms with van der Waals surface area (Å²) < 4.78 is 39.4. The summed E-state index contributed by atoms with van der Waals surface area (Å²) in [6.07, 6.45) is 0.909. The Balaban J connectivity index is 1.80. The van der Waals surface area contributed by atoms with E-state index < -0.39 is 22.5 Å². The molecule has 178 valence electrons. The van der Waals surface area contributed by atoms with Crippen molar-refractivity contribution in [2.75, 3.05) is 18.2 Å². The number of carbonyl (C=O) groups is 1.